The predicted octanol–water partition coefficient (Wildman–Crippen LogP) is 3.87. The number of carbonyl (C=O) groups excluding carboxylic acids is 2. The average molecular weight is 451 g/mol. The Hall–Kier alpha value is -3.35. The molecule has 0 saturated carbocycles. The van der Waals surface area contributed by atoms with Crippen molar-refractivity contribution in [3.05, 3.63) is 59.7 Å². The number of carbonyl (C=O) groups is 3. The van der Waals surface area contributed by atoms with Crippen molar-refractivity contribution in [2.45, 2.75) is 39.2 Å². The lowest BCUT2D eigenvalue weighted by atomic mass is 9.81. The van der Waals surface area contributed by atoms with Gasteiger partial charge in [-0.15, -0.1) is 0 Å². The number of alkyl carbamates (subject to hydrolysis) is 1. The van der Waals surface area contributed by atoms with Crippen LogP contribution in [0.4, 0.5) is 4.79 Å². The van der Waals surface area contributed by atoms with E-state index in [0.29, 0.717) is 6.42 Å². The van der Waals surface area contributed by atoms with Gasteiger partial charge in [-0.05, 0) is 41.5 Å². The molecule has 1 unspecified atom stereocenters. The lowest BCUT2D eigenvalue weighted by Crippen LogP contribution is -2.64. The van der Waals surface area contributed by atoms with Crippen molar-refractivity contribution in [1.29, 1.82) is 0 Å². The number of fused-ring (bicyclic) bond motifs is 3. The fraction of sp³-hybridized carbons (Fsp3) is 0.423. The average Bonchev–Trinajstić information content (AvgIpc) is 3.08. The number of hydrogen-bond acceptors (Lipinski definition) is 4. The molecule has 0 spiro atoms. The first-order valence-electron chi connectivity index (χ1n) is 11.3. The van der Waals surface area contributed by atoms with Crippen LogP contribution in [0.5, 0.6) is 0 Å². The molecule has 2 aromatic carbocycles. The van der Waals surface area contributed by atoms with Crippen molar-refractivity contribution in [2.24, 2.45) is 11.3 Å². The van der Waals surface area contributed by atoms with Crippen LogP contribution >= 0.6 is 0 Å². The molecule has 1 saturated heterocycles. The van der Waals surface area contributed by atoms with Gasteiger partial charge in [0.15, 0.2) is 0 Å². The number of rotatable bonds is 7. The zero-order chi connectivity index (χ0) is 23.8. The van der Waals surface area contributed by atoms with Gasteiger partial charge in [0.2, 0.25) is 5.91 Å². The van der Waals surface area contributed by atoms with E-state index in [1.54, 1.807) is 6.92 Å². The summed E-state index contributed by atoms with van der Waals surface area (Å²) in [5, 5.41) is 12.0. The van der Waals surface area contributed by atoms with Crippen LogP contribution in [0.2, 0.25) is 0 Å². The number of nitrogens with one attached hydrogen (secondary N) is 1. The third kappa shape index (κ3) is 4.45. The number of carboxylic acid groups (broad SMARTS) is 1. The van der Waals surface area contributed by atoms with Gasteiger partial charge < -0.3 is 20.1 Å². The topological polar surface area (TPSA) is 95.9 Å². The van der Waals surface area contributed by atoms with Crippen molar-refractivity contribution in [1.82, 2.24) is 10.2 Å². The number of ether oxygens (including phenoxy) is 1. The fourth-order valence-corrected chi connectivity index (χ4v) is 4.78. The first-order valence-corrected chi connectivity index (χ1v) is 11.3. The highest BCUT2D eigenvalue weighted by molar-refractivity contribution is 5.89. The zero-order valence-electron chi connectivity index (χ0n) is 19.2. The SMILES string of the molecule is CC(C)CC(NC(=O)OCC1c2ccccc2-c2ccccc21)C(=O)N1CC(C)(C(=O)O)C1. The van der Waals surface area contributed by atoms with Gasteiger partial charge in [-0.3, -0.25) is 9.59 Å². The van der Waals surface area contributed by atoms with E-state index in [0.717, 1.165) is 22.3 Å². The molecule has 7 nitrogen and oxygen atoms in total. The maximum atomic E-state index is 13.0. The molecule has 2 aliphatic rings. The minimum atomic E-state index is -0.929. The van der Waals surface area contributed by atoms with Gasteiger partial charge in [0, 0.05) is 19.0 Å². The van der Waals surface area contributed by atoms with E-state index in [9.17, 15) is 19.5 Å². The lowest BCUT2D eigenvalue weighted by Gasteiger charge is -2.46. The number of likely N-dealkylation sites (tertiary alicyclic amines) is 1. The van der Waals surface area contributed by atoms with Crippen molar-refractivity contribution >= 4 is 18.0 Å². The second-order valence-electron chi connectivity index (χ2n) is 9.71. The summed E-state index contributed by atoms with van der Waals surface area (Å²) >= 11 is 0. The molecule has 2 aromatic rings. The Kier molecular flexibility index (Phi) is 6.15. The smallest absolute Gasteiger partial charge is 0.407 e. The van der Waals surface area contributed by atoms with Crippen LogP contribution in [0.1, 0.15) is 44.2 Å². The second-order valence-corrected chi connectivity index (χ2v) is 9.71. The summed E-state index contributed by atoms with van der Waals surface area (Å²) in [7, 11) is 0. The molecule has 1 fully saturated rings. The largest absolute Gasteiger partial charge is 0.481 e. The predicted molar refractivity (Wildman–Crippen MR) is 124 cm³/mol. The van der Waals surface area contributed by atoms with Gasteiger partial charge in [-0.2, -0.15) is 0 Å². The molecule has 1 aliphatic carbocycles. The standard InChI is InChI=1S/C26H30N2O5/c1-16(2)12-22(23(29)28-14-26(3,15-28)24(30)31)27-25(32)33-13-21-19-10-6-4-8-17(19)18-9-5-7-11-20(18)21/h4-11,16,21-22H,12-15H2,1-3H3,(H,27,32)(H,30,31). The molecular weight excluding hydrogens is 420 g/mol. The van der Waals surface area contributed by atoms with Crippen LogP contribution in [-0.2, 0) is 14.3 Å². The van der Waals surface area contributed by atoms with Crippen LogP contribution in [-0.4, -0.2) is 53.7 Å². The van der Waals surface area contributed by atoms with Gasteiger partial charge in [0.05, 0.1) is 5.41 Å². The van der Waals surface area contributed by atoms with Crippen LogP contribution in [0.25, 0.3) is 11.1 Å². The Bertz CT molecular complexity index is 1030. The Labute approximate surface area is 193 Å². The monoisotopic (exact) mass is 450 g/mol. The molecule has 4 rings (SSSR count). The molecule has 33 heavy (non-hydrogen) atoms. The molecule has 1 heterocycles. The highest BCUT2D eigenvalue weighted by Crippen LogP contribution is 2.44. The Morgan fingerprint density at radius 1 is 1.06 bits per heavy atom. The molecule has 174 valence electrons. The molecule has 0 radical (unpaired) electrons. The third-order valence-corrected chi connectivity index (χ3v) is 6.55. The maximum Gasteiger partial charge on any atom is 0.407 e. The van der Waals surface area contributed by atoms with E-state index in [-0.39, 0.29) is 37.4 Å². The summed E-state index contributed by atoms with van der Waals surface area (Å²) in [5.41, 5.74) is 3.61. The summed E-state index contributed by atoms with van der Waals surface area (Å²) in [4.78, 5) is 38.5. The quantitative estimate of drug-likeness (QED) is 0.668. The number of nitrogens with zero attached hydrogens (tertiary/aromatic N) is 1. The van der Waals surface area contributed by atoms with Crippen molar-refractivity contribution in [2.75, 3.05) is 19.7 Å². The molecular formula is C26H30N2O5. The fourth-order valence-electron chi connectivity index (χ4n) is 4.78. The van der Waals surface area contributed by atoms with E-state index in [1.807, 2.05) is 38.1 Å². The van der Waals surface area contributed by atoms with E-state index in [1.165, 1.54) is 4.90 Å². The summed E-state index contributed by atoms with van der Waals surface area (Å²) in [5.74, 6) is -1.08. The molecule has 0 aromatic heterocycles. The van der Waals surface area contributed by atoms with Crippen LogP contribution in [0.3, 0.4) is 0 Å². The van der Waals surface area contributed by atoms with E-state index in [4.69, 9.17) is 4.74 Å². The molecule has 1 aliphatic heterocycles. The van der Waals surface area contributed by atoms with Gasteiger partial charge in [0.25, 0.3) is 0 Å². The molecule has 2 amide bonds. The Morgan fingerprint density at radius 3 is 2.12 bits per heavy atom. The van der Waals surface area contributed by atoms with Gasteiger partial charge in [0.1, 0.15) is 12.6 Å². The van der Waals surface area contributed by atoms with Crippen LogP contribution in [0, 0.1) is 11.3 Å². The number of amides is 2. The van der Waals surface area contributed by atoms with Crippen molar-refractivity contribution in [3.63, 3.8) is 0 Å². The number of benzene rings is 2. The number of hydrogen-bond donors (Lipinski definition) is 2. The second kappa shape index (κ2) is 8.89. The number of carboxylic acids is 1. The maximum absolute atomic E-state index is 13.0. The van der Waals surface area contributed by atoms with Crippen LogP contribution in [0.15, 0.2) is 48.5 Å². The first kappa shape index (κ1) is 22.8. The summed E-state index contributed by atoms with van der Waals surface area (Å²) < 4.78 is 5.60. The highest BCUT2D eigenvalue weighted by atomic mass is 16.5. The van der Waals surface area contributed by atoms with Gasteiger partial charge >= 0.3 is 12.1 Å². The van der Waals surface area contributed by atoms with Crippen molar-refractivity contribution < 1.29 is 24.2 Å². The summed E-state index contributed by atoms with van der Waals surface area (Å²) in [6.07, 6.45) is -0.194. The van der Waals surface area contributed by atoms with E-state index in [2.05, 4.69) is 29.6 Å². The first-order chi connectivity index (χ1) is 15.7. The Balaban J connectivity index is 1.40. The summed E-state index contributed by atoms with van der Waals surface area (Å²) in [6, 6.07) is 15.5. The minimum absolute atomic E-state index is 0.0611. The number of aliphatic carboxylic acids is 1. The van der Waals surface area contributed by atoms with Gasteiger partial charge in [-0.25, -0.2) is 4.79 Å². The van der Waals surface area contributed by atoms with E-state index >= 15 is 0 Å². The van der Waals surface area contributed by atoms with Crippen LogP contribution < -0.4 is 5.32 Å². The molecule has 1 atom stereocenters. The summed E-state index contributed by atoms with van der Waals surface area (Å²) in [6.45, 7) is 6.01. The highest BCUT2D eigenvalue weighted by Gasteiger charge is 2.48. The van der Waals surface area contributed by atoms with Gasteiger partial charge in [-0.1, -0.05) is 62.4 Å². The van der Waals surface area contributed by atoms with E-state index < -0.39 is 23.5 Å². The third-order valence-electron chi connectivity index (χ3n) is 6.55. The zero-order valence-corrected chi connectivity index (χ0v) is 19.2. The van der Waals surface area contributed by atoms with Crippen molar-refractivity contribution in [3.8, 4) is 11.1 Å². The minimum Gasteiger partial charge on any atom is -0.481 e. The molecule has 2 N–H and O–H groups in total. The normalized spacial score (nSPS) is 17.0. The molecule has 0 bridgehead atoms. The Morgan fingerprint density at radius 2 is 1.61 bits per heavy atom. The lowest BCUT2D eigenvalue weighted by molar-refractivity contribution is -0.164. The molecule has 7 heteroatoms.